The molecule has 0 aromatic rings. The summed E-state index contributed by atoms with van der Waals surface area (Å²) in [6.45, 7) is 5.25. The van der Waals surface area contributed by atoms with Crippen molar-refractivity contribution >= 4 is 17.7 Å². The van der Waals surface area contributed by atoms with Crippen molar-refractivity contribution in [2.75, 3.05) is 37.8 Å². The highest BCUT2D eigenvalue weighted by Crippen LogP contribution is 1.96. The molecular formula is C9H18N2O2S. The minimum Gasteiger partial charge on any atom is -0.370 e. The molecular weight excluding hydrogens is 200 g/mol. The number of carbonyl (C=O) groups is 1. The number of hydrogen-bond donors (Lipinski definition) is 2. The van der Waals surface area contributed by atoms with E-state index in [1.807, 2.05) is 6.08 Å². The zero-order chi connectivity index (χ0) is 10.6. The monoisotopic (exact) mass is 218 g/mol. The lowest BCUT2D eigenvalue weighted by Crippen LogP contribution is -2.30. The zero-order valence-electron chi connectivity index (χ0n) is 8.33. The summed E-state index contributed by atoms with van der Waals surface area (Å²) in [5.41, 5.74) is 5.20. The Morgan fingerprint density at radius 1 is 1.64 bits per heavy atom. The maximum atomic E-state index is 11.0. The van der Waals surface area contributed by atoms with Crippen LogP contribution in [-0.4, -0.2) is 43.7 Å². The quantitative estimate of drug-likeness (QED) is 0.422. The molecule has 0 saturated carbocycles. The summed E-state index contributed by atoms with van der Waals surface area (Å²) in [6.07, 6.45) is 1.84. The van der Waals surface area contributed by atoms with Gasteiger partial charge >= 0.3 is 0 Å². The van der Waals surface area contributed by atoms with E-state index in [4.69, 9.17) is 10.5 Å². The van der Waals surface area contributed by atoms with Crippen molar-refractivity contribution in [2.24, 2.45) is 5.73 Å². The van der Waals surface area contributed by atoms with Crippen molar-refractivity contribution in [1.82, 2.24) is 5.32 Å². The second kappa shape index (κ2) is 10.6. The van der Waals surface area contributed by atoms with Crippen LogP contribution in [-0.2, 0) is 9.53 Å². The second-order valence-corrected chi connectivity index (χ2v) is 3.70. The van der Waals surface area contributed by atoms with Crippen LogP contribution in [0, 0.1) is 0 Å². The van der Waals surface area contributed by atoms with Crippen LogP contribution in [0.3, 0.4) is 0 Å². The number of ether oxygens (including phenoxy) is 1. The number of amides is 1. The highest BCUT2D eigenvalue weighted by molar-refractivity contribution is 7.99. The first-order valence-electron chi connectivity index (χ1n) is 4.54. The van der Waals surface area contributed by atoms with Gasteiger partial charge in [0.2, 0.25) is 5.91 Å². The van der Waals surface area contributed by atoms with Gasteiger partial charge in [-0.25, -0.2) is 0 Å². The van der Waals surface area contributed by atoms with Crippen molar-refractivity contribution in [3.63, 3.8) is 0 Å². The fraction of sp³-hybridized carbons (Fsp3) is 0.667. The van der Waals surface area contributed by atoms with Gasteiger partial charge < -0.3 is 15.8 Å². The van der Waals surface area contributed by atoms with Crippen molar-refractivity contribution in [3.8, 4) is 0 Å². The molecule has 5 heteroatoms. The predicted octanol–water partition coefficient (Wildman–Crippen LogP) is -0.00290. The van der Waals surface area contributed by atoms with Crippen LogP contribution in [0.15, 0.2) is 12.7 Å². The molecule has 0 aliphatic rings. The normalized spacial score (nSPS) is 9.79. The number of hydrogen-bond acceptors (Lipinski definition) is 4. The van der Waals surface area contributed by atoms with Gasteiger partial charge in [0.15, 0.2) is 0 Å². The average Bonchev–Trinajstić information content (AvgIpc) is 2.18. The third kappa shape index (κ3) is 9.57. The first-order valence-corrected chi connectivity index (χ1v) is 5.70. The molecule has 0 aliphatic heterocycles. The van der Waals surface area contributed by atoms with E-state index in [1.54, 1.807) is 11.8 Å². The van der Waals surface area contributed by atoms with Gasteiger partial charge in [0.05, 0.1) is 6.61 Å². The third-order valence-corrected chi connectivity index (χ3v) is 2.26. The van der Waals surface area contributed by atoms with Gasteiger partial charge in [0.25, 0.3) is 0 Å². The van der Waals surface area contributed by atoms with E-state index in [0.717, 1.165) is 11.5 Å². The van der Waals surface area contributed by atoms with Gasteiger partial charge in [-0.15, -0.1) is 6.58 Å². The Morgan fingerprint density at radius 2 is 2.43 bits per heavy atom. The van der Waals surface area contributed by atoms with Crippen LogP contribution in [0.5, 0.6) is 0 Å². The molecule has 1 amide bonds. The summed E-state index contributed by atoms with van der Waals surface area (Å²) in [6, 6.07) is 0. The SMILES string of the molecule is C=CCSCCNC(=O)COCCN. The fourth-order valence-electron chi connectivity index (χ4n) is 0.729. The maximum Gasteiger partial charge on any atom is 0.246 e. The lowest BCUT2D eigenvalue weighted by atomic mass is 10.6. The van der Waals surface area contributed by atoms with E-state index in [1.165, 1.54) is 0 Å². The zero-order valence-corrected chi connectivity index (χ0v) is 9.15. The van der Waals surface area contributed by atoms with Crippen molar-refractivity contribution in [3.05, 3.63) is 12.7 Å². The van der Waals surface area contributed by atoms with E-state index in [2.05, 4.69) is 11.9 Å². The smallest absolute Gasteiger partial charge is 0.246 e. The fourth-order valence-corrected chi connectivity index (χ4v) is 1.31. The Kier molecular flexibility index (Phi) is 10.2. The van der Waals surface area contributed by atoms with Gasteiger partial charge in [-0.2, -0.15) is 11.8 Å². The van der Waals surface area contributed by atoms with E-state index in [-0.39, 0.29) is 12.5 Å². The molecule has 0 saturated heterocycles. The van der Waals surface area contributed by atoms with Gasteiger partial charge in [0, 0.05) is 24.6 Å². The van der Waals surface area contributed by atoms with E-state index in [9.17, 15) is 4.79 Å². The molecule has 0 aromatic heterocycles. The van der Waals surface area contributed by atoms with Gasteiger partial charge in [-0.05, 0) is 0 Å². The van der Waals surface area contributed by atoms with Crippen LogP contribution in [0.4, 0.5) is 0 Å². The number of carbonyl (C=O) groups excluding carboxylic acids is 1. The molecule has 0 bridgehead atoms. The molecule has 82 valence electrons. The van der Waals surface area contributed by atoms with E-state index < -0.39 is 0 Å². The highest BCUT2D eigenvalue weighted by Gasteiger charge is 1.98. The van der Waals surface area contributed by atoms with Gasteiger partial charge in [-0.3, -0.25) is 4.79 Å². The first kappa shape index (κ1) is 13.5. The average molecular weight is 218 g/mol. The Bertz CT molecular complexity index is 165. The molecule has 0 aromatic carbocycles. The van der Waals surface area contributed by atoms with E-state index in [0.29, 0.717) is 19.7 Å². The lowest BCUT2D eigenvalue weighted by molar-refractivity contribution is -0.125. The number of nitrogens with one attached hydrogen (secondary N) is 1. The largest absolute Gasteiger partial charge is 0.370 e. The summed E-state index contributed by atoms with van der Waals surface area (Å²) >= 11 is 1.73. The molecule has 0 atom stereocenters. The summed E-state index contributed by atoms with van der Waals surface area (Å²) in [5.74, 6) is 1.73. The van der Waals surface area contributed by atoms with Crippen LogP contribution >= 0.6 is 11.8 Å². The molecule has 0 rings (SSSR count). The molecule has 0 spiro atoms. The lowest BCUT2D eigenvalue weighted by Gasteiger charge is -2.04. The number of rotatable bonds is 9. The summed E-state index contributed by atoms with van der Waals surface area (Å²) in [7, 11) is 0. The molecule has 0 aliphatic carbocycles. The van der Waals surface area contributed by atoms with Crippen molar-refractivity contribution in [1.29, 1.82) is 0 Å². The van der Waals surface area contributed by atoms with Crippen LogP contribution < -0.4 is 11.1 Å². The molecule has 0 fully saturated rings. The van der Waals surface area contributed by atoms with Crippen molar-refractivity contribution < 1.29 is 9.53 Å². The molecule has 4 nitrogen and oxygen atoms in total. The minimum atomic E-state index is -0.0855. The molecule has 14 heavy (non-hydrogen) atoms. The molecule has 3 N–H and O–H groups in total. The molecule has 0 heterocycles. The summed E-state index contributed by atoms with van der Waals surface area (Å²) in [4.78, 5) is 11.0. The van der Waals surface area contributed by atoms with Crippen LogP contribution in [0.25, 0.3) is 0 Å². The van der Waals surface area contributed by atoms with Crippen molar-refractivity contribution in [2.45, 2.75) is 0 Å². The second-order valence-electron chi connectivity index (χ2n) is 2.55. The Labute approximate surface area is 89.3 Å². The standard InChI is InChI=1S/C9H18N2O2S/c1-2-6-14-7-4-11-9(12)8-13-5-3-10/h2H,1,3-8,10H2,(H,11,12). The highest BCUT2D eigenvalue weighted by atomic mass is 32.2. The minimum absolute atomic E-state index is 0.0855. The van der Waals surface area contributed by atoms with E-state index >= 15 is 0 Å². The number of thioether (sulfide) groups is 1. The molecule has 0 radical (unpaired) electrons. The maximum absolute atomic E-state index is 11.0. The first-order chi connectivity index (χ1) is 6.81. The Balaban J connectivity index is 3.14. The Hall–Kier alpha value is -0.520. The van der Waals surface area contributed by atoms with Gasteiger partial charge in [0.1, 0.15) is 6.61 Å². The Morgan fingerprint density at radius 3 is 3.07 bits per heavy atom. The third-order valence-electron chi connectivity index (χ3n) is 1.30. The predicted molar refractivity (Wildman–Crippen MR) is 60.4 cm³/mol. The summed E-state index contributed by atoms with van der Waals surface area (Å²) in [5, 5.41) is 2.74. The topological polar surface area (TPSA) is 64.3 Å². The van der Waals surface area contributed by atoms with Gasteiger partial charge in [-0.1, -0.05) is 6.08 Å². The van der Waals surface area contributed by atoms with Crippen LogP contribution in [0.2, 0.25) is 0 Å². The molecule has 0 unspecified atom stereocenters. The summed E-state index contributed by atoms with van der Waals surface area (Å²) < 4.78 is 4.96. The van der Waals surface area contributed by atoms with Crippen LogP contribution in [0.1, 0.15) is 0 Å². The number of nitrogens with two attached hydrogens (primary N) is 1.